The summed E-state index contributed by atoms with van der Waals surface area (Å²) in [5, 5.41) is 16.4. The maximum absolute atomic E-state index is 12.2. The predicted octanol–water partition coefficient (Wildman–Crippen LogP) is 5.60. The molecule has 0 radical (unpaired) electrons. The number of carbonyl (C=O) groups excluding carboxylic acids is 4. The van der Waals surface area contributed by atoms with Crippen molar-refractivity contribution >= 4 is 58.7 Å². The molecule has 1 saturated heterocycles. The number of rotatable bonds is 20. The minimum absolute atomic E-state index is 0.0254. The predicted molar refractivity (Wildman–Crippen MR) is 278 cm³/mol. The van der Waals surface area contributed by atoms with Crippen LogP contribution in [-0.2, 0) is 29.9 Å². The molecule has 0 bridgehead atoms. The van der Waals surface area contributed by atoms with Gasteiger partial charge >= 0.3 is 0 Å². The zero-order chi connectivity index (χ0) is 51.4. The number of aliphatic imine (C=N–C) groups is 2. The van der Waals surface area contributed by atoms with Crippen molar-refractivity contribution in [3.63, 3.8) is 0 Å². The fourth-order valence-corrected chi connectivity index (χ4v) is 7.45. The van der Waals surface area contributed by atoms with Crippen molar-refractivity contribution in [2.45, 2.75) is 71.3 Å². The Labute approximate surface area is 404 Å². The van der Waals surface area contributed by atoms with Gasteiger partial charge in [0.05, 0.1) is 23.6 Å². The lowest BCUT2D eigenvalue weighted by molar-refractivity contribution is -0.122. The van der Waals surface area contributed by atoms with E-state index in [2.05, 4.69) is 75.1 Å². The van der Waals surface area contributed by atoms with Crippen LogP contribution in [0.3, 0.4) is 0 Å². The largest absolute Gasteiger partial charge is 0.486 e. The Morgan fingerprint density at radius 2 is 1.68 bits per heavy atom. The summed E-state index contributed by atoms with van der Waals surface area (Å²) in [6.45, 7) is 17.6. The van der Waals surface area contributed by atoms with Crippen LogP contribution in [-0.4, -0.2) is 127 Å². The number of carbonyl (C=O) groups is 4. The summed E-state index contributed by atoms with van der Waals surface area (Å²) < 4.78 is 32.8. The highest BCUT2D eigenvalue weighted by molar-refractivity contribution is 7.89. The van der Waals surface area contributed by atoms with Gasteiger partial charge in [0.2, 0.25) is 15.9 Å². The smallest absolute Gasteiger partial charge is 0.227 e. The van der Waals surface area contributed by atoms with E-state index in [4.69, 9.17) is 11.2 Å². The lowest BCUT2D eigenvalue weighted by atomic mass is 9.89. The Balaban J connectivity index is 0.00000111. The SMILES string of the molecule is C#CCC1(n2cc(/C(N=C)=C3\C=CN=C3Nc3ccc(C=O)cc3)cn2)CN(S(=O)(=O)CC)C1.C=CC.CCC.CN.CNC(=O)C(CCC=O)c1cccc(OCC=O)c1.CNCCCNC. The van der Waals surface area contributed by atoms with Crippen molar-refractivity contribution in [1.29, 1.82) is 0 Å². The molecule has 3 aromatic rings. The topological polar surface area (TPSA) is 232 Å². The molecule has 0 saturated carbocycles. The first-order valence-electron chi connectivity index (χ1n) is 22.3. The van der Waals surface area contributed by atoms with E-state index in [-0.39, 0.29) is 31.4 Å². The molecule has 1 atom stereocenters. The van der Waals surface area contributed by atoms with Crippen molar-refractivity contribution in [3.8, 4) is 18.1 Å². The number of amidine groups is 1. The second-order valence-electron chi connectivity index (χ2n) is 14.7. The van der Waals surface area contributed by atoms with Crippen LogP contribution in [0.4, 0.5) is 5.69 Å². The molecule has 2 aliphatic heterocycles. The Morgan fingerprint density at radius 3 is 2.19 bits per heavy atom. The maximum atomic E-state index is 12.2. The third-order valence-corrected chi connectivity index (χ3v) is 11.2. The fourth-order valence-electron chi connectivity index (χ4n) is 6.21. The molecule has 1 aromatic heterocycles. The van der Waals surface area contributed by atoms with Gasteiger partial charge < -0.3 is 36.5 Å². The standard InChI is InChI=1S/C24H24N6O3S.C14H17NO4.C5H14N2.C3H8.C3H6.CH5N/c1-4-11-24(16-29(17-24)34(32,33)5-2)30-14-19(13-27-30)22(25-3)21-10-12-26-23(21)28-20-8-6-18(15-31)7-9-20;1-15-14(18)13(6-3-7-16)11-4-2-5-12(10-11)19-9-8-17;1-6-4-3-5-7-2;2*1-3-2;1-2/h1,6-10,12-15H,3,5,11,16-17H2,2H3,(H,26,28);2,4-5,7-8,10,13H,3,6,9H2,1H3,(H,15,18);6-7H,3-5H2,1-2H3;3H2,1-2H3;3H,1H2,2H3;2H2,1H3/b22-21-;;;;;. The average Bonchev–Trinajstić information content (AvgIpc) is 4.02. The molecule has 68 heavy (non-hydrogen) atoms. The van der Waals surface area contributed by atoms with E-state index in [1.807, 2.05) is 33.3 Å². The van der Waals surface area contributed by atoms with Crippen LogP contribution in [0.1, 0.15) is 87.2 Å². The van der Waals surface area contributed by atoms with Crippen LogP contribution in [0.2, 0.25) is 0 Å². The van der Waals surface area contributed by atoms with Crippen LogP contribution in [0, 0.1) is 12.3 Å². The number of allylic oxidation sites excluding steroid dienone is 1. The lowest BCUT2D eigenvalue weighted by Crippen LogP contribution is -2.64. The number of amides is 1. The van der Waals surface area contributed by atoms with E-state index in [0.717, 1.165) is 42.5 Å². The number of benzene rings is 2. The monoisotopic (exact) mass is 959 g/mol. The number of hydrogen-bond donors (Lipinski definition) is 5. The van der Waals surface area contributed by atoms with E-state index in [9.17, 15) is 27.6 Å². The molecule has 17 nitrogen and oxygen atoms in total. The van der Waals surface area contributed by atoms with E-state index >= 15 is 0 Å². The first-order chi connectivity index (χ1) is 32.8. The van der Waals surface area contributed by atoms with Crippen LogP contribution in [0.25, 0.3) is 5.70 Å². The van der Waals surface area contributed by atoms with Crippen LogP contribution >= 0.6 is 0 Å². The molecule has 18 heteroatoms. The number of aromatic nitrogens is 2. The molecule has 0 spiro atoms. The molecule has 5 rings (SSSR count). The quantitative estimate of drug-likeness (QED) is 0.0306. The zero-order valence-electron chi connectivity index (χ0n) is 41.2. The Morgan fingerprint density at radius 1 is 1.04 bits per heavy atom. The van der Waals surface area contributed by atoms with Gasteiger partial charge in [-0.25, -0.2) is 13.4 Å². The fraction of sp³-hybridized carbons (Fsp3) is 0.420. The van der Waals surface area contributed by atoms with Gasteiger partial charge in [0, 0.05) is 67.8 Å². The molecule has 1 fully saturated rings. The summed E-state index contributed by atoms with van der Waals surface area (Å²) in [6, 6.07) is 14.0. The summed E-state index contributed by atoms with van der Waals surface area (Å²) in [4.78, 5) is 52.1. The maximum Gasteiger partial charge on any atom is 0.227 e. The first-order valence-corrected chi connectivity index (χ1v) is 23.9. The molecule has 6 N–H and O–H groups in total. The number of terminal acetylenes is 1. The molecule has 2 aliphatic rings. The van der Waals surface area contributed by atoms with Crippen LogP contribution < -0.4 is 31.7 Å². The lowest BCUT2D eigenvalue weighted by Gasteiger charge is -2.48. The molecule has 372 valence electrons. The summed E-state index contributed by atoms with van der Waals surface area (Å²) >= 11 is 0. The first kappa shape index (κ1) is 61.6. The van der Waals surface area contributed by atoms with Gasteiger partial charge in [0.25, 0.3) is 0 Å². The van der Waals surface area contributed by atoms with Crippen LogP contribution in [0.5, 0.6) is 5.75 Å². The third kappa shape index (κ3) is 20.7. The van der Waals surface area contributed by atoms with Gasteiger partial charge in [0.15, 0.2) is 6.29 Å². The van der Waals surface area contributed by atoms with Crippen LogP contribution in [0.15, 0.2) is 101 Å². The Bertz CT molecular complexity index is 2220. The number of sulfonamides is 1. The van der Waals surface area contributed by atoms with E-state index in [0.29, 0.717) is 54.0 Å². The van der Waals surface area contributed by atoms with Gasteiger partial charge in [0.1, 0.15) is 36.3 Å². The van der Waals surface area contributed by atoms with E-state index in [1.165, 1.54) is 24.2 Å². The zero-order valence-corrected chi connectivity index (χ0v) is 42.0. The van der Waals surface area contributed by atoms with Crippen molar-refractivity contribution < 1.29 is 32.3 Å². The summed E-state index contributed by atoms with van der Waals surface area (Å²) in [5.74, 6) is 3.27. The van der Waals surface area contributed by atoms with Crippen molar-refractivity contribution in [2.24, 2.45) is 15.7 Å². The summed E-state index contributed by atoms with van der Waals surface area (Å²) in [5.41, 5.74) is 8.01. The van der Waals surface area contributed by atoms with E-state index < -0.39 is 21.5 Å². The summed E-state index contributed by atoms with van der Waals surface area (Å²) in [6.07, 6.45) is 20.1. The number of anilines is 1. The highest BCUT2D eigenvalue weighted by atomic mass is 32.2. The molecule has 3 heterocycles. The number of ether oxygens (including phenoxy) is 1. The van der Waals surface area contributed by atoms with Gasteiger partial charge in [-0.15, -0.1) is 18.9 Å². The minimum atomic E-state index is -3.29. The Kier molecular flexibility index (Phi) is 32.4. The van der Waals surface area contributed by atoms with Gasteiger partial charge in [-0.3, -0.25) is 24.1 Å². The molecule has 1 amide bonds. The number of hydrogen-bond acceptors (Lipinski definition) is 14. The highest BCUT2D eigenvalue weighted by Gasteiger charge is 2.49. The Hall–Kier alpha value is -6.36. The molecule has 2 aromatic carbocycles. The number of nitrogens with one attached hydrogen (secondary N) is 4. The van der Waals surface area contributed by atoms with Gasteiger partial charge in [-0.05, 0) is 116 Å². The second-order valence-corrected chi connectivity index (χ2v) is 16.9. The van der Waals surface area contributed by atoms with Gasteiger partial charge in [-0.1, -0.05) is 38.5 Å². The number of nitrogens with two attached hydrogens (primary N) is 1. The average molecular weight is 959 g/mol. The normalized spacial score (nSPS) is 14.0. The van der Waals surface area contributed by atoms with Gasteiger partial charge in [-0.2, -0.15) is 9.40 Å². The second kappa shape index (κ2) is 35.8. The third-order valence-electron chi connectivity index (χ3n) is 9.46. The molecular formula is C50H74N10O7S. The van der Waals surface area contributed by atoms with Crippen molar-refractivity contribution in [2.75, 3.05) is 72.0 Å². The van der Waals surface area contributed by atoms with Crippen molar-refractivity contribution in [3.05, 3.63) is 108 Å². The van der Waals surface area contributed by atoms with Crippen molar-refractivity contribution in [1.82, 2.24) is 30.0 Å². The minimum Gasteiger partial charge on any atom is -0.486 e. The number of nitrogens with zero attached hydrogens (tertiary/aromatic N) is 5. The summed E-state index contributed by atoms with van der Waals surface area (Å²) in [7, 11) is 3.70. The molecule has 1 unspecified atom stereocenters. The molecular weight excluding hydrogens is 885 g/mol. The highest BCUT2D eigenvalue weighted by Crippen LogP contribution is 2.36. The molecule has 0 aliphatic carbocycles. The number of likely N-dealkylation sites (N-methyl/N-ethyl adjacent to an activating group) is 1. The number of aldehydes is 3. The van der Waals surface area contributed by atoms with E-state index in [1.54, 1.807) is 85.7 Å².